The smallest absolute Gasteiger partial charge is 0.0701 e. The van der Waals surface area contributed by atoms with Crippen LogP contribution in [0.4, 0.5) is 0 Å². The van der Waals surface area contributed by atoms with E-state index in [1.165, 1.54) is 12.8 Å². The Morgan fingerprint density at radius 1 is 0.391 bits per heavy atom. The monoisotopic (exact) mass is 336 g/mol. The topological polar surface area (TPSA) is 46.2 Å². The van der Waals surface area contributed by atoms with Gasteiger partial charge in [0, 0.05) is 26.4 Å². The van der Waals surface area contributed by atoms with E-state index in [0.29, 0.717) is 26.4 Å². The Kier molecular flexibility index (Phi) is 29.1. The summed E-state index contributed by atoms with van der Waals surface area (Å²) < 4.78 is 26.0. The van der Waals surface area contributed by atoms with E-state index in [-0.39, 0.29) is 0 Å². The van der Waals surface area contributed by atoms with Gasteiger partial charge in [0.1, 0.15) is 0 Å². The van der Waals surface area contributed by atoms with E-state index < -0.39 is 0 Å². The molecule has 0 atom stereocenters. The summed E-state index contributed by atoms with van der Waals surface area (Å²) >= 11 is 0. The van der Waals surface area contributed by atoms with Crippen LogP contribution in [0.3, 0.4) is 0 Å². The van der Waals surface area contributed by atoms with Crippen LogP contribution in [0.25, 0.3) is 0 Å². The second-order valence-corrected chi connectivity index (χ2v) is 4.94. The zero-order valence-corrected chi connectivity index (χ0v) is 15.9. The van der Waals surface area contributed by atoms with Crippen LogP contribution < -0.4 is 0 Å². The van der Waals surface area contributed by atoms with Crippen LogP contribution in [-0.4, -0.2) is 66.1 Å². The van der Waals surface area contributed by atoms with E-state index in [9.17, 15) is 0 Å². The molecule has 0 aliphatic heterocycles. The zero-order valence-electron chi connectivity index (χ0n) is 15.9. The summed E-state index contributed by atoms with van der Waals surface area (Å²) in [6.07, 6.45) is 4.73. The quantitative estimate of drug-likeness (QED) is 0.379. The predicted octanol–water partition coefficient (Wildman–Crippen LogP) is 3.70. The van der Waals surface area contributed by atoms with Crippen LogP contribution in [0.5, 0.6) is 0 Å². The summed E-state index contributed by atoms with van der Waals surface area (Å²) in [4.78, 5) is 0. The lowest BCUT2D eigenvalue weighted by Crippen LogP contribution is -2.08. The van der Waals surface area contributed by atoms with Crippen LogP contribution in [-0.2, 0) is 23.7 Å². The third-order valence-electron chi connectivity index (χ3n) is 2.81. The fourth-order valence-electron chi connectivity index (χ4n) is 1.44. The van der Waals surface area contributed by atoms with E-state index >= 15 is 0 Å². The second kappa shape index (κ2) is 26.7. The fraction of sp³-hybridized carbons (Fsp3) is 1.00. The first-order valence-electron chi connectivity index (χ1n) is 9.22. The molecule has 0 heterocycles. The molecule has 142 valence electrons. The normalized spacial score (nSPS) is 10.4. The lowest BCUT2D eigenvalue weighted by molar-refractivity contribution is 0.0195. The average molecular weight is 337 g/mol. The van der Waals surface area contributed by atoms with E-state index in [2.05, 4.69) is 13.8 Å². The Hall–Kier alpha value is -0.200. The molecule has 5 nitrogen and oxygen atoms in total. The molecule has 0 saturated carbocycles. The van der Waals surface area contributed by atoms with Crippen LogP contribution in [0, 0.1) is 0 Å². The van der Waals surface area contributed by atoms with Gasteiger partial charge in [-0.1, -0.05) is 26.7 Å². The summed E-state index contributed by atoms with van der Waals surface area (Å²) in [5.74, 6) is 0. The van der Waals surface area contributed by atoms with Crippen LogP contribution in [0.2, 0.25) is 0 Å². The third kappa shape index (κ3) is 30.3. The molecule has 0 amide bonds. The average Bonchev–Trinajstić information content (AvgIpc) is 2.57. The van der Waals surface area contributed by atoms with Gasteiger partial charge in [0.2, 0.25) is 0 Å². The van der Waals surface area contributed by atoms with Gasteiger partial charge >= 0.3 is 0 Å². The summed E-state index contributed by atoms with van der Waals surface area (Å²) in [6.45, 7) is 15.8. The van der Waals surface area contributed by atoms with Gasteiger partial charge in [0.25, 0.3) is 0 Å². The molecule has 0 radical (unpaired) electrons. The van der Waals surface area contributed by atoms with Gasteiger partial charge in [-0.15, -0.1) is 0 Å². The van der Waals surface area contributed by atoms with Gasteiger partial charge < -0.3 is 23.7 Å². The highest BCUT2D eigenvalue weighted by atomic mass is 16.5. The molecule has 0 N–H and O–H groups in total. The van der Waals surface area contributed by atoms with Gasteiger partial charge in [0.15, 0.2) is 0 Å². The summed E-state index contributed by atoms with van der Waals surface area (Å²) in [7, 11) is 0. The van der Waals surface area contributed by atoms with Gasteiger partial charge in [-0.2, -0.15) is 0 Å². The first kappa shape index (κ1) is 25.0. The lowest BCUT2D eigenvalue weighted by Gasteiger charge is -2.03. The standard InChI is InChI=1S/C10H22O2.C8H18O3/c1-3-5-7-11-9-10-12-8-6-4-2;1-3-9-5-7-11-8-6-10-4-2/h3-10H2,1-2H3;3-8H2,1-2H3. The van der Waals surface area contributed by atoms with E-state index in [0.717, 1.165) is 52.5 Å². The van der Waals surface area contributed by atoms with E-state index in [1.54, 1.807) is 0 Å². The molecule has 0 aromatic heterocycles. The van der Waals surface area contributed by atoms with E-state index in [1.807, 2.05) is 13.8 Å². The molecular formula is C18H40O5. The SMILES string of the molecule is CCCCOCCOCCCC.CCOCCOCCOCC. The molecule has 0 saturated heterocycles. The fourth-order valence-corrected chi connectivity index (χ4v) is 1.44. The molecule has 0 aromatic rings. The highest BCUT2D eigenvalue weighted by Crippen LogP contribution is 1.90. The van der Waals surface area contributed by atoms with Crippen molar-refractivity contribution in [1.82, 2.24) is 0 Å². The molecule has 0 aliphatic rings. The van der Waals surface area contributed by atoms with Crippen molar-refractivity contribution in [2.45, 2.75) is 53.4 Å². The first-order valence-corrected chi connectivity index (χ1v) is 9.22. The van der Waals surface area contributed by atoms with Crippen molar-refractivity contribution in [1.29, 1.82) is 0 Å². The van der Waals surface area contributed by atoms with Crippen molar-refractivity contribution >= 4 is 0 Å². The van der Waals surface area contributed by atoms with Gasteiger partial charge in [-0.05, 0) is 26.7 Å². The minimum absolute atomic E-state index is 0.668. The van der Waals surface area contributed by atoms with Crippen LogP contribution >= 0.6 is 0 Å². The van der Waals surface area contributed by atoms with Crippen LogP contribution in [0.1, 0.15) is 53.4 Å². The minimum Gasteiger partial charge on any atom is -0.379 e. The Labute approximate surface area is 144 Å². The zero-order chi connectivity index (χ0) is 17.4. The largest absolute Gasteiger partial charge is 0.379 e. The molecule has 0 bridgehead atoms. The van der Waals surface area contributed by atoms with Crippen molar-refractivity contribution in [3.8, 4) is 0 Å². The second-order valence-electron chi connectivity index (χ2n) is 4.94. The molecular weight excluding hydrogens is 296 g/mol. The third-order valence-corrected chi connectivity index (χ3v) is 2.81. The first-order chi connectivity index (χ1) is 11.3. The Balaban J connectivity index is 0. The number of rotatable bonds is 17. The minimum atomic E-state index is 0.668. The van der Waals surface area contributed by atoms with Gasteiger partial charge in [0.05, 0.1) is 39.6 Å². The lowest BCUT2D eigenvalue weighted by atomic mass is 10.4. The molecule has 0 unspecified atom stereocenters. The van der Waals surface area contributed by atoms with Crippen molar-refractivity contribution < 1.29 is 23.7 Å². The maximum atomic E-state index is 5.33. The molecule has 0 rings (SSSR count). The maximum absolute atomic E-state index is 5.33. The van der Waals surface area contributed by atoms with Crippen molar-refractivity contribution in [2.75, 3.05) is 66.1 Å². The van der Waals surface area contributed by atoms with Crippen molar-refractivity contribution in [3.05, 3.63) is 0 Å². The summed E-state index contributed by atoms with van der Waals surface area (Å²) in [5, 5.41) is 0. The molecule has 0 aromatic carbocycles. The number of unbranched alkanes of at least 4 members (excludes halogenated alkanes) is 2. The van der Waals surface area contributed by atoms with Crippen LogP contribution in [0.15, 0.2) is 0 Å². The molecule has 0 aliphatic carbocycles. The Morgan fingerprint density at radius 3 is 1.00 bits per heavy atom. The van der Waals surface area contributed by atoms with Crippen molar-refractivity contribution in [2.24, 2.45) is 0 Å². The number of ether oxygens (including phenoxy) is 5. The maximum Gasteiger partial charge on any atom is 0.0701 e. The molecule has 5 heteroatoms. The highest BCUT2D eigenvalue weighted by molar-refractivity contribution is 4.35. The summed E-state index contributed by atoms with van der Waals surface area (Å²) in [6, 6.07) is 0. The summed E-state index contributed by atoms with van der Waals surface area (Å²) in [5.41, 5.74) is 0. The Morgan fingerprint density at radius 2 is 0.696 bits per heavy atom. The number of hydrogen-bond acceptors (Lipinski definition) is 5. The highest BCUT2D eigenvalue weighted by Gasteiger charge is 1.89. The van der Waals surface area contributed by atoms with Gasteiger partial charge in [-0.25, -0.2) is 0 Å². The van der Waals surface area contributed by atoms with Crippen molar-refractivity contribution in [3.63, 3.8) is 0 Å². The molecule has 0 spiro atoms. The Bertz CT molecular complexity index is 161. The van der Waals surface area contributed by atoms with Gasteiger partial charge in [-0.3, -0.25) is 0 Å². The van der Waals surface area contributed by atoms with E-state index in [4.69, 9.17) is 23.7 Å². The molecule has 0 fully saturated rings. The number of hydrogen-bond donors (Lipinski definition) is 0. The molecule has 23 heavy (non-hydrogen) atoms. The predicted molar refractivity (Wildman–Crippen MR) is 95.3 cm³/mol.